The monoisotopic (exact) mass is 377 g/mol. The second-order valence-electron chi connectivity index (χ2n) is 7.27. The van der Waals surface area contributed by atoms with Gasteiger partial charge in [-0.2, -0.15) is 10.1 Å². The Morgan fingerprint density at radius 1 is 1.11 bits per heavy atom. The van der Waals surface area contributed by atoms with Crippen molar-refractivity contribution < 1.29 is 0 Å². The Hall–Kier alpha value is -3.23. The van der Waals surface area contributed by atoms with Crippen LogP contribution in [0.2, 0.25) is 0 Å². The van der Waals surface area contributed by atoms with Crippen LogP contribution >= 0.6 is 0 Å². The van der Waals surface area contributed by atoms with Crippen molar-refractivity contribution in [1.82, 2.24) is 24.6 Å². The van der Waals surface area contributed by atoms with Gasteiger partial charge in [0.05, 0.1) is 18.1 Å². The van der Waals surface area contributed by atoms with E-state index >= 15 is 0 Å². The zero-order valence-corrected chi connectivity index (χ0v) is 16.1. The number of nitrogens with zero attached hydrogens (tertiary/aromatic N) is 8. The van der Waals surface area contributed by atoms with Crippen molar-refractivity contribution in [3.05, 3.63) is 30.4 Å². The average Bonchev–Trinajstić information content (AvgIpc) is 3.26. The van der Waals surface area contributed by atoms with Crippen LogP contribution in [0, 0.1) is 6.92 Å². The molecule has 0 atom stereocenters. The van der Waals surface area contributed by atoms with Gasteiger partial charge in [0.15, 0.2) is 11.5 Å². The van der Waals surface area contributed by atoms with E-state index in [-0.39, 0.29) is 0 Å². The van der Waals surface area contributed by atoms with Gasteiger partial charge in [0.1, 0.15) is 12.0 Å². The summed E-state index contributed by atoms with van der Waals surface area (Å²) in [5.41, 5.74) is 3.78. The molecule has 0 unspecified atom stereocenters. The molecule has 0 spiro atoms. The van der Waals surface area contributed by atoms with Crippen molar-refractivity contribution in [3.63, 3.8) is 0 Å². The normalized spacial score (nSPS) is 18.7. The molecule has 2 aliphatic heterocycles. The molecule has 2 aliphatic rings. The van der Waals surface area contributed by atoms with Gasteiger partial charge < -0.3 is 10.2 Å². The van der Waals surface area contributed by atoms with Crippen LogP contribution in [0.5, 0.6) is 0 Å². The van der Waals surface area contributed by atoms with Crippen molar-refractivity contribution in [2.45, 2.75) is 32.6 Å². The first-order chi connectivity index (χ1) is 13.7. The average molecular weight is 377 g/mol. The van der Waals surface area contributed by atoms with Crippen LogP contribution in [0.4, 0.5) is 23.1 Å². The number of pyridine rings is 1. The van der Waals surface area contributed by atoms with Gasteiger partial charge in [-0.3, -0.25) is 9.89 Å². The zero-order chi connectivity index (χ0) is 19.1. The van der Waals surface area contributed by atoms with Crippen LogP contribution in [-0.4, -0.2) is 50.7 Å². The first-order valence-corrected chi connectivity index (χ1v) is 9.70. The summed E-state index contributed by atoms with van der Waals surface area (Å²) in [5, 5.41) is 7.54. The maximum Gasteiger partial charge on any atom is 0.229 e. The van der Waals surface area contributed by atoms with Crippen LogP contribution in [-0.2, 0) is 0 Å². The molecule has 144 valence electrons. The Balaban J connectivity index is 1.49. The third-order valence-electron chi connectivity index (χ3n) is 5.32. The van der Waals surface area contributed by atoms with E-state index in [1.807, 2.05) is 32.4 Å². The summed E-state index contributed by atoms with van der Waals surface area (Å²) in [4.78, 5) is 22.7. The van der Waals surface area contributed by atoms with Crippen LogP contribution < -0.4 is 15.1 Å². The van der Waals surface area contributed by atoms with E-state index in [9.17, 15) is 0 Å². The third kappa shape index (κ3) is 2.83. The van der Waals surface area contributed by atoms with Crippen molar-refractivity contribution in [2.24, 2.45) is 4.99 Å². The highest BCUT2D eigenvalue weighted by atomic mass is 15.5. The van der Waals surface area contributed by atoms with E-state index in [1.165, 1.54) is 12.8 Å². The number of aryl methyl sites for hydroxylation is 1. The molecule has 0 bridgehead atoms. The lowest BCUT2D eigenvalue weighted by Gasteiger charge is -2.19. The number of aliphatic imine (C=N–C) groups is 1. The second-order valence-corrected chi connectivity index (χ2v) is 7.27. The maximum absolute atomic E-state index is 4.83. The van der Waals surface area contributed by atoms with E-state index in [0.29, 0.717) is 5.95 Å². The minimum absolute atomic E-state index is 0.566. The number of anilines is 4. The SMILES string of the molecule is Cc1cc2ncnn2cc1Nc1ncc2c(n1)N1CCCCCC/N=C\1N2C. The quantitative estimate of drug-likeness (QED) is 0.735. The predicted molar refractivity (Wildman–Crippen MR) is 110 cm³/mol. The predicted octanol–water partition coefficient (Wildman–Crippen LogP) is 2.76. The number of hydrogen-bond acceptors (Lipinski definition) is 8. The topological polar surface area (TPSA) is 86.8 Å². The van der Waals surface area contributed by atoms with Crippen LogP contribution in [0.3, 0.4) is 0 Å². The highest BCUT2D eigenvalue weighted by Crippen LogP contribution is 2.36. The van der Waals surface area contributed by atoms with Gasteiger partial charge in [-0.25, -0.2) is 14.5 Å². The number of hydrogen-bond donors (Lipinski definition) is 1. The Labute approximate surface area is 163 Å². The fourth-order valence-electron chi connectivity index (χ4n) is 3.77. The summed E-state index contributed by atoms with van der Waals surface area (Å²) in [6.45, 7) is 3.82. The zero-order valence-electron chi connectivity index (χ0n) is 16.1. The molecule has 0 amide bonds. The van der Waals surface area contributed by atoms with E-state index in [4.69, 9.17) is 9.98 Å². The largest absolute Gasteiger partial charge is 0.323 e. The molecule has 3 aromatic heterocycles. The Bertz CT molecular complexity index is 1050. The molecule has 9 heteroatoms. The third-order valence-corrected chi connectivity index (χ3v) is 5.32. The van der Waals surface area contributed by atoms with Gasteiger partial charge in [0, 0.05) is 20.1 Å². The Morgan fingerprint density at radius 3 is 2.93 bits per heavy atom. The van der Waals surface area contributed by atoms with E-state index in [2.05, 4.69) is 30.2 Å². The lowest BCUT2D eigenvalue weighted by atomic mass is 10.2. The highest BCUT2D eigenvalue weighted by molar-refractivity contribution is 6.14. The fourth-order valence-corrected chi connectivity index (χ4v) is 3.77. The number of nitrogens with one attached hydrogen (secondary N) is 1. The Kier molecular flexibility index (Phi) is 4.07. The van der Waals surface area contributed by atoms with Gasteiger partial charge in [-0.15, -0.1) is 0 Å². The van der Waals surface area contributed by atoms with Crippen molar-refractivity contribution in [3.8, 4) is 0 Å². The van der Waals surface area contributed by atoms with Crippen molar-refractivity contribution >= 4 is 34.7 Å². The van der Waals surface area contributed by atoms with Gasteiger partial charge in [-0.1, -0.05) is 12.8 Å². The first kappa shape index (κ1) is 16.9. The van der Waals surface area contributed by atoms with Gasteiger partial charge in [0.2, 0.25) is 11.9 Å². The number of guanidine groups is 1. The Morgan fingerprint density at radius 2 is 2.00 bits per heavy atom. The van der Waals surface area contributed by atoms with Crippen LogP contribution in [0.15, 0.2) is 29.8 Å². The molecule has 0 aliphatic carbocycles. The molecule has 5 rings (SSSR count). The molecule has 5 heterocycles. The van der Waals surface area contributed by atoms with E-state index in [0.717, 1.165) is 60.3 Å². The molecule has 28 heavy (non-hydrogen) atoms. The van der Waals surface area contributed by atoms with Crippen LogP contribution in [0.25, 0.3) is 5.65 Å². The summed E-state index contributed by atoms with van der Waals surface area (Å²) < 4.78 is 1.74. The molecule has 3 aromatic rings. The molecule has 1 N–H and O–H groups in total. The van der Waals surface area contributed by atoms with E-state index in [1.54, 1.807) is 10.8 Å². The lowest BCUT2D eigenvalue weighted by Crippen LogP contribution is -2.37. The molecular weight excluding hydrogens is 354 g/mol. The summed E-state index contributed by atoms with van der Waals surface area (Å²) in [7, 11) is 2.04. The minimum Gasteiger partial charge on any atom is -0.323 e. The molecule has 9 nitrogen and oxygen atoms in total. The molecular formula is C19H23N9. The fraction of sp³-hybridized carbons (Fsp3) is 0.421. The van der Waals surface area contributed by atoms with Gasteiger partial charge in [0.25, 0.3) is 0 Å². The molecule has 0 saturated heterocycles. The second kappa shape index (κ2) is 6.74. The molecule has 0 radical (unpaired) electrons. The van der Waals surface area contributed by atoms with Gasteiger partial charge in [-0.05, 0) is 31.4 Å². The molecule has 0 aromatic carbocycles. The maximum atomic E-state index is 4.83. The lowest BCUT2D eigenvalue weighted by molar-refractivity contribution is 0.661. The highest BCUT2D eigenvalue weighted by Gasteiger charge is 2.32. The summed E-state index contributed by atoms with van der Waals surface area (Å²) in [5.74, 6) is 2.46. The van der Waals surface area contributed by atoms with Crippen LogP contribution in [0.1, 0.15) is 31.2 Å². The number of fused-ring (bicyclic) bond motifs is 4. The number of aromatic nitrogens is 5. The summed E-state index contributed by atoms with van der Waals surface area (Å²) >= 11 is 0. The smallest absolute Gasteiger partial charge is 0.229 e. The van der Waals surface area contributed by atoms with Crippen molar-refractivity contribution in [1.29, 1.82) is 0 Å². The summed E-state index contributed by atoms with van der Waals surface area (Å²) in [6, 6.07) is 1.99. The summed E-state index contributed by atoms with van der Waals surface area (Å²) in [6.07, 6.45) is 10.1. The minimum atomic E-state index is 0.566. The van der Waals surface area contributed by atoms with Crippen molar-refractivity contribution in [2.75, 3.05) is 35.3 Å². The standard InChI is InChI=1S/C19H23N9/c1-13-9-16-22-12-23-28(16)11-14(13)24-18-21-10-15-17(25-18)27-8-6-4-3-5-7-20-19(27)26(15)2/h9-12H,3-8H2,1-2H3,(H,21,24,25)/b20-19-. The number of rotatable bonds is 2. The van der Waals surface area contributed by atoms with E-state index < -0.39 is 0 Å². The molecule has 0 saturated carbocycles. The van der Waals surface area contributed by atoms with Gasteiger partial charge >= 0.3 is 0 Å². The first-order valence-electron chi connectivity index (χ1n) is 9.70. The molecule has 0 fully saturated rings.